The number of amides is 1. The van der Waals surface area contributed by atoms with Crippen molar-refractivity contribution in [2.24, 2.45) is 0 Å². The van der Waals surface area contributed by atoms with Crippen molar-refractivity contribution in [3.05, 3.63) is 70.7 Å². The molecule has 0 saturated heterocycles. The van der Waals surface area contributed by atoms with E-state index in [9.17, 15) is 9.18 Å². The minimum atomic E-state index is -0.225. The molecular weight excluding hydrogens is 315 g/mol. The van der Waals surface area contributed by atoms with E-state index in [0.717, 1.165) is 23.7 Å². The van der Waals surface area contributed by atoms with E-state index in [1.807, 2.05) is 24.3 Å². The van der Waals surface area contributed by atoms with E-state index in [2.05, 4.69) is 10.3 Å². The molecule has 1 aromatic heterocycles. The highest BCUT2D eigenvalue weighted by Gasteiger charge is 2.16. The van der Waals surface area contributed by atoms with Gasteiger partial charge in [-0.15, -0.1) is 0 Å². The Hall–Kier alpha value is -2.62. The Morgan fingerprint density at radius 2 is 1.96 bits per heavy atom. The Morgan fingerprint density at radius 3 is 2.84 bits per heavy atom. The van der Waals surface area contributed by atoms with Gasteiger partial charge in [-0.05, 0) is 67.5 Å². The van der Waals surface area contributed by atoms with Crippen molar-refractivity contribution >= 4 is 16.8 Å². The Balaban J connectivity index is 1.47. The molecule has 0 radical (unpaired) electrons. The van der Waals surface area contributed by atoms with Gasteiger partial charge in [0.15, 0.2) is 0 Å². The van der Waals surface area contributed by atoms with Crippen molar-refractivity contribution in [3.63, 3.8) is 0 Å². The van der Waals surface area contributed by atoms with Crippen LogP contribution >= 0.6 is 0 Å². The van der Waals surface area contributed by atoms with Crippen molar-refractivity contribution in [3.8, 4) is 0 Å². The fraction of sp³-hybridized carbons (Fsp3) is 0.286. The predicted molar refractivity (Wildman–Crippen MR) is 97.4 cm³/mol. The number of fused-ring (bicyclic) bond motifs is 3. The zero-order valence-corrected chi connectivity index (χ0v) is 14.1. The van der Waals surface area contributed by atoms with E-state index in [-0.39, 0.29) is 11.7 Å². The Labute approximate surface area is 146 Å². The number of hydrogen-bond acceptors (Lipinski definition) is 1. The molecule has 4 rings (SSSR count). The summed E-state index contributed by atoms with van der Waals surface area (Å²) in [5, 5.41) is 4.06. The van der Waals surface area contributed by atoms with E-state index in [0.29, 0.717) is 24.1 Å². The number of nitrogens with one attached hydrogen (secondary N) is 2. The lowest BCUT2D eigenvalue weighted by molar-refractivity contribution is 0.0954. The Kier molecular flexibility index (Phi) is 4.26. The fourth-order valence-electron chi connectivity index (χ4n) is 3.66. The molecule has 0 saturated carbocycles. The third kappa shape index (κ3) is 3.16. The number of carbonyl (C=O) groups excluding carboxylic acids is 1. The number of halogens is 1. The highest BCUT2D eigenvalue weighted by molar-refractivity contribution is 5.99. The molecule has 1 amide bonds. The van der Waals surface area contributed by atoms with Crippen molar-refractivity contribution in [1.29, 1.82) is 0 Å². The van der Waals surface area contributed by atoms with Crippen LogP contribution in [0.3, 0.4) is 0 Å². The first-order valence-electron chi connectivity index (χ1n) is 8.87. The maximum atomic E-state index is 13.6. The first-order chi connectivity index (χ1) is 12.2. The van der Waals surface area contributed by atoms with Gasteiger partial charge in [-0.3, -0.25) is 4.79 Å². The number of aromatic amines is 1. The minimum Gasteiger partial charge on any atom is -0.358 e. The molecule has 0 atom stereocenters. The Bertz CT molecular complexity index is 929. The number of aromatic nitrogens is 1. The summed E-state index contributed by atoms with van der Waals surface area (Å²) < 4.78 is 13.6. The minimum absolute atomic E-state index is 0.107. The molecule has 2 N–H and O–H groups in total. The molecule has 1 aliphatic carbocycles. The number of benzene rings is 2. The molecule has 1 heterocycles. The van der Waals surface area contributed by atoms with Gasteiger partial charge in [-0.2, -0.15) is 0 Å². The summed E-state index contributed by atoms with van der Waals surface area (Å²) in [5.74, 6) is -0.332. The van der Waals surface area contributed by atoms with Crippen LogP contribution in [0, 0.1) is 5.82 Å². The van der Waals surface area contributed by atoms with Crippen LogP contribution in [0.4, 0.5) is 4.39 Å². The molecule has 4 heteroatoms. The zero-order valence-electron chi connectivity index (χ0n) is 14.1. The molecular formula is C21H21FN2O. The second-order valence-corrected chi connectivity index (χ2v) is 6.65. The smallest absolute Gasteiger partial charge is 0.251 e. The first-order valence-corrected chi connectivity index (χ1v) is 8.87. The van der Waals surface area contributed by atoms with Crippen LogP contribution in [0.2, 0.25) is 0 Å². The summed E-state index contributed by atoms with van der Waals surface area (Å²) in [5.41, 5.74) is 5.07. The molecule has 25 heavy (non-hydrogen) atoms. The summed E-state index contributed by atoms with van der Waals surface area (Å²) in [6, 6.07) is 12.5. The number of hydrogen-bond donors (Lipinski definition) is 2. The summed E-state index contributed by atoms with van der Waals surface area (Å²) in [7, 11) is 0. The lowest BCUT2D eigenvalue weighted by atomic mass is 9.95. The van der Waals surface area contributed by atoms with E-state index in [1.165, 1.54) is 30.2 Å². The van der Waals surface area contributed by atoms with Crippen LogP contribution < -0.4 is 5.32 Å². The maximum absolute atomic E-state index is 13.6. The van der Waals surface area contributed by atoms with Crippen LogP contribution in [0.5, 0.6) is 0 Å². The molecule has 0 spiro atoms. The fourth-order valence-corrected chi connectivity index (χ4v) is 3.66. The number of rotatable bonds is 4. The summed E-state index contributed by atoms with van der Waals surface area (Å²) >= 11 is 0. The molecule has 0 aliphatic heterocycles. The van der Waals surface area contributed by atoms with E-state index in [4.69, 9.17) is 0 Å². The van der Waals surface area contributed by atoms with Crippen molar-refractivity contribution < 1.29 is 9.18 Å². The Morgan fingerprint density at radius 1 is 1.12 bits per heavy atom. The first kappa shape index (κ1) is 15.9. The molecule has 0 fully saturated rings. The third-order valence-corrected chi connectivity index (χ3v) is 5.00. The van der Waals surface area contributed by atoms with Crippen LogP contribution in [0.1, 0.15) is 40.0 Å². The number of aryl methyl sites for hydroxylation is 2. The van der Waals surface area contributed by atoms with Gasteiger partial charge in [0.05, 0.1) is 0 Å². The summed E-state index contributed by atoms with van der Waals surface area (Å²) in [4.78, 5) is 15.9. The average Bonchev–Trinajstić information content (AvgIpc) is 3.01. The quantitative estimate of drug-likeness (QED) is 0.738. The van der Waals surface area contributed by atoms with Gasteiger partial charge in [-0.1, -0.05) is 18.2 Å². The standard InChI is InChI=1S/C21H21FN2O/c22-18-7-3-1-5-14(18)11-12-23-21(25)15-9-10-20-17(13-15)16-6-2-4-8-19(16)24-20/h1,3,5,7,9-10,13,24H,2,4,6,8,11-12H2,(H,23,25). The normalized spacial score (nSPS) is 13.6. The van der Waals surface area contributed by atoms with Crippen LogP contribution in [0.25, 0.3) is 10.9 Å². The van der Waals surface area contributed by atoms with Crippen LogP contribution in [-0.2, 0) is 19.3 Å². The summed E-state index contributed by atoms with van der Waals surface area (Å²) in [6.07, 6.45) is 5.09. The second-order valence-electron chi connectivity index (χ2n) is 6.65. The molecule has 1 aliphatic rings. The van der Waals surface area contributed by atoms with Gasteiger partial charge in [0, 0.05) is 28.7 Å². The van der Waals surface area contributed by atoms with Gasteiger partial charge < -0.3 is 10.3 Å². The van der Waals surface area contributed by atoms with E-state index < -0.39 is 0 Å². The second kappa shape index (κ2) is 6.71. The van der Waals surface area contributed by atoms with Gasteiger partial charge in [-0.25, -0.2) is 4.39 Å². The van der Waals surface area contributed by atoms with Crippen molar-refractivity contribution in [1.82, 2.24) is 10.3 Å². The monoisotopic (exact) mass is 336 g/mol. The largest absolute Gasteiger partial charge is 0.358 e. The SMILES string of the molecule is O=C(NCCc1ccccc1F)c1ccc2[nH]c3c(c2c1)CCCC3. The van der Waals surface area contributed by atoms with Crippen LogP contribution in [0.15, 0.2) is 42.5 Å². The lowest BCUT2D eigenvalue weighted by Gasteiger charge is -2.10. The highest BCUT2D eigenvalue weighted by atomic mass is 19.1. The zero-order chi connectivity index (χ0) is 17.2. The maximum Gasteiger partial charge on any atom is 0.251 e. The van der Waals surface area contributed by atoms with Gasteiger partial charge in [0.1, 0.15) is 5.82 Å². The van der Waals surface area contributed by atoms with Crippen molar-refractivity contribution in [2.45, 2.75) is 32.1 Å². The molecule has 0 unspecified atom stereocenters. The molecule has 3 nitrogen and oxygen atoms in total. The number of carbonyl (C=O) groups is 1. The molecule has 0 bridgehead atoms. The average molecular weight is 336 g/mol. The highest BCUT2D eigenvalue weighted by Crippen LogP contribution is 2.29. The molecule has 3 aromatic rings. The topological polar surface area (TPSA) is 44.9 Å². The van der Waals surface area contributed by atoms with Crippen molar-refractivity contribution in [2.75, 3.05) is 6.54 Å². The third-order valence-electron chi connectivity index (χ3n) is 5.00. The molecule has 128 valence electrons. The van der Waals surface area contributed by atoms with Gasteiger partial charge >= 0.3 is 0 Å². The lowest BCUT2D eigenvalue weighted by Crippen LogP contribution is -2.25. The van der Waals surface area contributed by atoms with Gasteiger partial charge in [0.2, 0.25) is 0 Å². The van der Waals surface area contributed by atoms with Gasteiger partial charge in [0.25, 0.3) is 5.91 Å². The predicted octanol–water partition coefficient (Wildman–Crippen LogP) is 4.16. The number of H-pyrrole nitrogens is 1. The van der Waals surface area contributed by atoms with Crippen LogP contribution in [-0.4, -0.2) is 17.4 Å². The summed E-state index contributed by atoms with van der Waals surface area (Å²) in [6.45, 7) is 0.420. The van der Waals surface area contributed by atoms with E-state index >= 15 is 0 Å². The van der Waals surface area contributed by atoms with E-state index in [1.54, 1.807) is 12.1 Å². The molecule has 2 aromatic carbocycles.